The summed E-state index contributed by atoms with van der Waals surface area (Å²) in [6.45, 7) is 6.56. The van der Waals surface area contributed by atoms with Crippen molar-refractivity contribution in [3.8, 4) is 11.5 Å². The van der Waals surface area contributed by atoms with E-state index in [1.165, 1.54) is 17.7 Å². The molecule has 25 heavy (non-hydrogen) atoms. The molecule has 2 unspecified atom stereocenters. The average molecular weight is 341 g/mol. The number of piperidine rings is 1. The molecule has 0 N–H and O–H groups in total. The number of hydrogen-bond donors (Lipinski definition) is 0. The zero-order valence-corrected chi connectivity index (χ0v) is 14.5. The van der Waals surface area contributed by atoms with Crippen molar-refractivity contribution in [2.45, 2.75) is 18.4 Å². The second-order valence-electron chi connectivity index (χ2n) is 6.33. The fourth-order valence-corrected chi connectivity index (χ4v) is 3.37. The smallest absolute Gasteiger partial charge is 0.123 e. The minimum atomic E-state index is -0.252. The van der Waals surface area contributed by atoms with Gasteiger partial charge in [-0.05, 0) is 48.4 Å². The molecule has 1 aliphatic rings. The first kappa shape index (κ1) is 17.5. The van der Waals surface area contributed by atoms with Gasteiger partial charge < -0.3 is 9.47 Å². The Morgan fingerprint density at radius 1 is 1.20 bits per heavy atom. The molecule has 1 fully saturated rings. The summed E-state index contributed by atoms with van der Waals surface area (Å²) in [5.41, 5.74) is 1.19. The van der Waals surface area contributed by atoms with Crippen molar-refractivity contribution >= 4 is 0 Å². The number of methoxy groups -OCH3 is 1. The van der Waals surface area contributed by atoms with Crippen LogP contribution >= 0.6 is 0 Å². The van der Waals surface area contributed by atoms with Crippen LogP contribution in [-0.2, 0) is 0 Å². The predicted molar refractivity (Wildman–Crippen MR) is 97.8 cm³/mol. The quantitative estimate of drug-likeness (QED) is 0.733. The van der Waals surface area contributed by atoms with Crippen LogP contribution in [0.3, 0.4) is 0 Å². The van der Waals surface area contributed by atoms with Crippen LogP contribution in [0.1, 0.15) is 17.9 Å². The van der Waals surface area contributed by atoms with Crippen molar-refractivity contribution in [1.82, 2.24) is 4.90 Å². The molecule has 0 saturated carbocycles. The second kappa shape index (κ2) is 8.17. The number of halogens is 1. The zero-order valence-electron chi connectivity index (χ0n) is 14.5. The Labute approximate surface area is 148 Å². The molecular formula is C21H24FNO2. The van der Waals surface area contributed by atoms with E-state index in [4.69, 9.17) is 9.47 Å². The molecule has 2 aromatic rings. The van der Waals surface area contributed by atoms with Crippen LogP contribution in [0.2, 0.25) is 0 Å². The van der Waals surface area contributed by atoms with Gasteiger partial charge in [0, 0.05) is 25.6 Å². The summed E-state index contributed by atoms with van der Waals surface area (Å²) in [6, 6.07) is 14.4. The third-order valence-electron chi connectivity index (χ3n) is 4.64. The molecule has 0 radical (unpaired) electrons. The molecule has 1 heterocycles. The Bertz CT molecular complexity index is 701. The largest absolute Gasteiger partial charge is 0.497 e. The topological polar surface area (TPSA) is 21.7 Å². The Morgan fingerprint density at radius 3 is 2.72 bits per heavy atom. The van der Waals surface area contributed by atoms with Gasteiger partial charge in [0.2, 0.25) is 0 Å². The average Bonchev–Trinajstić information content (AvgIpc) is 2.65. The Kier molecular flexibility index (Phi) is 5.71. The first-order chi connectivity index (χ1) is 12.2. The molecule has 3 nitrogen and oxygen atoms in total. The highest BCUT2D eigenvalue weighted by Crippen LogP contribution is 2.32. The van der Waals surface area contributed by atoms with Gasteiger partial charge in [0.25, 0.3) is 0 Å². The van der Waals surface area contributed by atoms with E-state index in [0.29, 0.717) is 5.75 Å². The first-order valence-electron chi connectivity index (χ1n) is 8.59. The molecule has 2 aromatic carbocycles. The van der Waals surface area contributed by atoms with E-state index in [1.54, 1.807) is 19.2 Å². The van der Waals surface area contributed by atoms with E-state index < -0.39 is 0 Å². The summed E-state index contributed by atoms with van der Waals surface area (Å²) < 4.78 is 24.7. The number of hydrogen-bond acceptors (Lipinski definition) is 3. The third kappa shape index (κ3) is 4.40. The summed E-state index contributed by atoms with van der Waals surface area (Å²) in [6.07, 6.45) is 2.88. The van der Waals surface area contributed by atoms with Gasteiger partial charge >= 0.3 is 0 Å². The van der Waals surface area contributed by atoms with Crippen molar-refractivity contribution in [3.63, 3.8) is 0 Å². The second-order valence-corrected chi connectivity index (χ2v) is 6.33. The maximum atomic E-state index is 13.1. The van der Waals surface area contributed by atoms with Gasteiger partial charge in [-0.1, -0.05) is 18.2 Å². The summed E-state index contributed by atoms with van der Waals surface area (Å²) >= 11 is 0. The van der Waals surface area contributed by atoms with Crippen LogP contribution in [0, 0.1) is 5.82 Å². The monoisotopic (exact) mass is 341 g/mol. The van der Waals surface area contributed by atoms with E-state index in [1.807, 2.05) is 18.2 Å². The lowest BCUT2D eigenvalue weighted by atomic mass is 9.87. The Balaban J connectivity index is 1.83. The SMILES string of the molecule is C=CCN1CCC(Oc2ccc(F)cc2)C(c2cccc(OC)c2)C1. The van der Waals surface area contributed by atoms with Gasteiger partial charge in [-0.25, -0.2) is 4.39 Å². The van der Waals surface area contributed by atoms with E-state index in [2.05, 4.69) is 23.6 Å². The predicted octanol–water partition coefficient (Wildman–Crippen LogP) is 4.26. The van der Waals surface area contributed by atoms with Gasteiger partial charge in [0.15, 0.2) is 0 Å². The van der Waals surface area contributed by atoms with Crippen LogP contribution in [-0.4, -0.2) is 37.7 Å². The van der Waals surface area contributed by atoms with E-state index in [9.17, 15) is 4.39 Å². The van der Waals surface area contributed by atoms with Crippen LogP contribution in [0.4, 0.5) is 4.39 Å². The van der Waals surface area contributed by atoms with Crippen LogP contribution < -0.4 is 9.47 Å². The number of ether oxygens (including phenoxy) is 2. The van der Waals surface area contributed by atoms with E-state index in [0.717, 1.165) is 31.8 Å². The number of benzene rings is 2. The lowest BCUT2D eigenvalue weighted by Gasteiger charge is -2.38. The summed E-state index contributed by atoms with van der Waals surface area (Å²) in [4.78, 5) is 2.38. The molecule has 1 aliphatic heterocycles. The minimum absolute atomic E-state index is 0.0404. The summed E-state index contributed by atoms with van der Waals surface area (Å²) in [7, 11) is 1.68. The Morgan fingerprint density at radius 2 is 2.00 bits per heavy atom. The first-order valence-corrected chi connectivity index (χ1v) is 8.59. The molecule has 132 valence electrons. The van der Waals surface area contributed by atoms with Crippen molar-refractivity contribution in [3.05, 3.63) is 72.6 Å². The Hall–Kier alpha value is -2.33. The number of nitrogens with zero attached hydrogens (tertiary/aromatic N) is 1. The van der Waals surface area contributed by atoms with Gasteiger partial charge in [-0.3, -0.25) is 4.90 Å². The maximum absolute atomic E-state index is 13.1. The summed E-state index contributed by atoms with van der Waals surface area (Å²) in [5.74, 6) is 1.52. The molecule has 0 bridgehead atoms. The minimum Gasteiger partial charge on any atom is -0.497 e. The number of rotatable bonds is 6. The van der Waals surface area contributed by atoms with Gasteiger partial charge in [-0.2, -0.15) is 0 Å². The van der Waals surface area contributed by atoms with Gasteiger partial charge in [0.1, 0.15) is 23.4 Å². The molecule has 0 amide bonds. The normalized spacial score (nSPS) is 20.9. The van der Waals surface area contributed by atoms with E-state index in [-0.39, 0.29) is 17.8 Å². The van der Waals surface area contributed by atoms with E-state index >= 15 is 0 Å². The van der Waals surface area contributed by atoms with Gasteiger partial charge in [-0.15, -0.1) is 6.58 Å². The fraction of sp³-hybridized carbons (Fsp3) is 0.333. The lowest BCUT2D eigenvalue weighted by molar-refractivity contribution is 0.0833. The molecule has 0 aliphatic carbocycles. The number of likely N-dealkylation sites (tertiary alicyclic amines) is 1. The van der Waals surface area contributed by atoms with Crippen molar-refractivity contribution in [2.24, 2.45) is 0 Å². The molecule has 0 spiro atoms. The lowest BCUT2D eigenvalue weighted by Crippen LogP contribution is -2.44. The standard InChI is InChI=1S/C21H24FNO2/c1-3-12-23-13-11-21(25-18-9-7-17(22)8-10-18)20(15-23)16-5-4-6-19(14-16)24-2/h3-10,14,20-21H,1,11-13,15H2,2H3. The van der Waals surface area contributed by atoms with Crippen LogP contribution in [0.25, 0.3) is 0 Å². The molecule has 4 heteroatoms. The van der Waals surface area contributed by atoms with Crippen molar-refractivity contribution in [2.75, 3.05) is 26.7 Å². The fourth-order valence-electron chi connectivity index (χ4n) is 3.37. The third-order valence-corrected chi connectivity index (χ3v) is 4.64. The van der Waals surface area contributed by atoms with Crippen LogP contribution in [0.5, 0.6) is 11.5 Å². The van der Waals surface area contributed by atoms with Gasteiger partial charge in [0.05, 0.1) is 7.11 Å². The highest BCUT2D eigenvalue weighted by molar-refractivity contribution is 5.33. The molecule has 3 rings (SSSR count). The molecule has 0 aromatic heterocycles. The van der Waals surface area contributed by atoms with Crippen molar-refractivity contribution < 1.29 is 13.9 Å². The maximum Gasteiger partial charge on any atom is 0.123 e. The van der Waals surface area contributed by atoms with Crippen molar-refractivity contribution in [1.29, 1.82) is 0 Å². The molecule has 1 saturated heterocycles. The summed E-state index contributed by atoms with van der Waals surface area (Å²) in [5, 5.41) is 0. The highest BCUT2D eigenvalue weighted by atomic mass is 19.1. The molecule has 2 atom stereocenters. The molecular weight excluding hydrogens is 317 g/mol. The zero-order chi connectivity index (χ0) is 17.6. The highest BCUT2D eigenvalue weighted by Gasteiger charge is 2.32. The van der Waals surface area contributed by atoms with Crippen LogP contribution in [0.15, 0.2) is 61.2 Å².